The highest BCUT2D eigenvalue weighted by Gasteiger charge is 2.15. The summed E-state index contributed by atoms with van der Waals surface area (Å²) in [6.45, 7) is 0. The van der Waals surface area contributed by atoms with Crippen molar-refractivity contribution in [1.29, 1.82) is 0 Å². The number of aromatic nitrogens is 3. The Bertz CT molecular complexity index is 1140. The van der Waals surface area contributed by atoms with Gasteiger partial charge >= 0.3 is 0 Å². The number of H-pyrrole nitrogens is 1. The van der Waals surface area contributed by atoms with Gasteiger partial charge in [-0.25, -0.2) is 5.43 Å². The van der Waals surface area contributed by atoms with E-state index in [4.69, 9.17) is 5.73 Å². The predicted molar refractivity (Wildman–Crippen MR) is 120 cm³/mol. The molecule has 4 aromatic rings. The molecule has 9 heteroatoms. The molecule has 2 aromatic carbocycles. The number of nitrogens with one attached hydrogen (secondary N) is 2. The molecule has 0 fully saturated rings. The summed E-state index contributed by atoms with van der Waals surface area (Å²) in [6, 6.07) is 12.8. The molecule has 2 aromatic heterocycles. The van der Waals surface area contributed by atoms with Crippen LogP contribution in [0.5, 0.6) is 0 Å². The van der Waals surface area contributed by atoms with Gasteiger partial charge in [0.1, 0.15) is 0 Å². The Hall–Kier alpha value is -3.00. The van der Waals surface area contributed by atoms with Crippen LogP contribution in [0.1, 0.15) is 11.1 Å². The number of hydrazone groups is 1. The number of benzene rings is 2. The van der Waals surface area contributed by atoms with Crippen LogP contribution in [0.15, 0.2) is 66.2 Å². The summed E-state index contributed by atoms with van der Waals surface area (Å²) in [4.78, 5) is 23.9. The zero-order valence-corrected chi connectivity index (χ0v) is 16.9. The highest BCUT2D eigenvalue weighted by Crippen LogP contribution is 2.18. The maximum absolute atomic E-state index is 12.2. The highest BCUT2D eigenvalue weighted by atomic mass is 35.5. The molecule has 0 saturated heterocycles. The second-order valence-corrected chi connectivity index (χ2v) is 6.21. The number of nitrogens with zero attached hydrogens (tertiary/aromatic N) is 3. The van der Waals surface area contributed by atoms with Crippen LogP contribution in [0.3, 0.4) is 0 Å². The van der Waals surface area contributed by atoms with Gasteiger partial charge < -0.3 is 10.7 Å². The Morgan fingerprint density at radius 1 is 1.14 bits per heavy atom. The molecule has 1 unspecified atom stereocenters. The summed E-state index contributed by atoms with van der Waals surface area (Å²) < 4.78 is 0. The molecule has 4 N–H and O–H groups in total. The molecule has 1 atom stereocenters. The third kappa shape index (κ3) is 5.08. The van der Waals surface area contributed by atoms with E-state index in [0.29, 0.717) is 6.42 Å². The Balaban J connectivity index is 0.00000150. The second kappa shape index (κ2) is 9.97. The van der Waals surface area contributed by atoms with Gasteiger partial charge in [0, 0.05) is 29.5 Å². The number of nitrogens with two attached hydrogens (primary N) is 1. The van der Waals surface area contributed by atoms with Crippen molar-refractivity contribution >= 4 is 58.9 Å². The molecule has 0 aliphatic carbocycles. The number of rotatable bonds is 5. The van der Waals surface area contributed by atoms with Gasteiger partial charge in [-0.1, -0.05) is 24.3 Å². The van der Waals surface area contributed by atoms with Gasteiger partial charge in [-0.15, -0.1) is 24.8 Å². The zero-order valence-electron chi connectivity index (χ0n) is 15.3. The van der Waals surface area contributed by atoms with Crippen LogP contribution in [0.25, 0.3) is 21.9 Å². The van der Waals surface area contributed by atoms with E-state index in [1.54, 1.807) is 18.6 Å². The van der Waals surface area contributed by atoms with Crippen molar-refractivity contribution in [3.63, 3.8) is 0 Å². The van der Waals surface area contributed by atoms with E-state index >= 15 is 0 Å². The van der Waals surface area contributed by atoms with E-state index in [9.17, 15) is 4.79 Å². The molecule has 1 amide bonds. The Labute approximate surface area is 179 Å². The van der Waals surface area contributed by atoms with E-state index in [0.717, 1.165) is 33.1 Å². The normalized spacial score (nSPS) is 11.8. The minimum atomic E-state index is -0.691. The van der Waals surface area contributed by atoms with E-state index in [-0.39, 0.29) is 30.7 Å². The SMILES string of the molecule is Cl.Cl.NC(Cc1c[nH]c2ccccc12)C(=O)NN=Cc1ccc2nccnc2c1. The summed E-state index contributed by atoms with van der Waals surface area (Å²) in [6.07, 6.45) is 7.15. The lowest BCUT2D eigenvalue weighted by Gasteiger charge is -2.09. The standard InChI is InChI=1S/C20H18N6O.2ClH/c21-16(10-14-12-24-17-4-2-1-3-15(14)17)20(27)26-25-11-13-5-6-18-19(9-13)23-8-7-22-18;;/h1-9,11-12,16,24H,10,21H2,(H,26,27);2*1H. The fourth-order valence-electron chi connectivity index (χ4n) is 2.94. The molecule has 2 heterocycles. The molecule has 0 radical (unpaired) electrons. The average molecular weight is 431 g/mol. The van der Waals surface area contributed by atoms with E-state index in [2.05, 4.69) is 25.5 Å². The maximum Gasteiger partial charge on any atom is 0.257 e. The topological polar surface area (TPSA) is 109 Å². The van der Waals surface area contributed by atoms with Crippen molar-refractivity contribution in [2.24, 2.45) is 10.8 Å². The number of aromatic amines is 1. The summed E-state index contributed by atoms with van der Waals surface area (Å²) in [7, 11) is 0. The molecule has 0 spiro atoms. The maximum atomic E-state index is 12.2. The lowest BCUT2D eigenvalue weighted by molar-refractivity contribution is -0.122. The van der Waals surface area contributed by atoms with Crippen LogP contribution in [0, 0.1) is 0 Å². The summed E-state index contributed by atoms with van der Waals surface area (Å²) in [5.74, 6) is -0.336. The third-order valence-electron chi connectivity index (χ3n) is 4.33. The van der Waals surface area contributed by atoms with Crippen molar-refractivity contribution in [3.05, 3.63) is 72.2 Å². The smallest absolute Gasteiger partial charge is 0.257 e. The quantitative estimate of drug-likeness (QED) is 0.333. The summed E-state index contributed by atoms with van der Waals surface area (Å²) in [5.41, 5.74) is 13.0. The highest BCUT2D eigenvalue weighted by molar-refractivity contribution is 5.89. The van der Waals surface area contributed by atoms with Crippen LogP contribution >= 0.6 is 24.8 Å². The number of carbonyl (C=O) groups excluding carboxylic acids is 1. The molecule has 0 saturated carbocycles. The van der Waals surface area contributed by atoms with Crippen molar-refractivity contribution in [3.8, 4) is 0 Å². The molecular weight excluding hydrogens is 411 g/mol. The van der Waals surface area contributed by atoms with E-state index in [1.807, 2.05) is 48.7 Å². The molecule has 0 bridgehead atoms. The van der Waals surface area contributed by atoms with Crippen LogP contribution in [0.2, 0.25) is 0 Å². The second-order valence-electron chi connectivity index (χ2n) is 6.21. The summed E-state index contributed by atoms with van der Waals surface area (Å²) in [5, 5.41) is 5.07. The fourth-order valence-corrected chi connectivity index (χ4v) is 2.94. The monoisotopic (exact) mass is 430 g/mol. The van der Waals surface area contributed by atoms with Crippen LogP contribution in [-0.2, 0) is 11.2 Å². The first-order valence-corrected chi connectivity index (χ1v) is 8.55. The average Bonchev–Trinajstić information content (AvgIpc) is 3.11. The Kier molecular flexibility index (Phi) is 7.67. The molecule has 4 rings (SSSR count). The minimum Gasteiger partial charge on any atom is -0.361 e. The Morgan fingerprint density at radius 2 is 1.90 bits per heavy atom. The van der Waals surface area contributed by atoms with E-state index < -0.39 is 6.04 Å². The van der Waals surface area contributed by atoms with Crippen LogP contribution < -0.4 is 11.2 Å². The first-order valence-electron chi connectivity index (χ1n) is 8.55. The van der Waals surface area contributed by atoms with Crippen LogP contribution in [0.4, 0.5) is 0 Å². The van der Waals surface area contributed by atoms with Gasteiger partial charge in [-0.3, -0.25) is 14.8 Å². The first-order chi connectivity index (χ1) is 13.2. The van der Waals surface area contributed by atoms with Gasteiger partial charge in [-0.2, -0.15) is 5.10 Å². The third-order valence-corrected chi connectivity index (χ3v) is 4.33. The number of amides is 1. The number of hydrogen-bond donors (Lipinski definition) is 3. The van der Waals surface area contributed by atoms with Gasteiger partial charge in [-0.05, 0) is 35.7 Å². The van der Waals surface area contributed by atoms with Crippen molar-refractivity contribution in [2.75, 3.05) is 0 Å². The van der Waals surface area contributed by atoms with Gasteiger partial charge in [0.25, 0.3) is 5.91 Å². The number of para-hydroxylation sites is 1. The molecule has 0 aliphatic heterocycles. The summed E-state index contributed by atoms with van der Waals surface area (Å²) >= 11 is 0. The molecule has 0 aliphatic rings. The number of fused-ring (bicyclic) bond motifs is 2. The number of halogens is 2. The lowest BCUT2D eigenvalue weighted by atomic mass is 10.1. The van der Waals surface area contributed by atoms with Gasteiger partial charge in [0.15, 0.2) is 0 Å². The van der Waals surface area contributed by atoms with Crippen molar-refractivity contribution in [1.82, 2.24) is 20.4 Å². The first kappa shape index (κ1) is 22.3. The molecular formula is C20H20Cl2N6O. The van der Waals surface area contributed by atoms with Crippen molar-refractivity contribution in [2.45, 2.75) is 12.5 Å². The van der Waals surface area contributed by atoms with E-state index in [1.165, 1.54) is 0 Å². The van der Waals surface area contributed by atoms with Gasteiger partial charge in [0.2, 0.25) is 0 Å². The van der Waals surface area contributed by atoms with Crippen molar-refractivity contribution < 1.29 is 4.79 Å². The Morgan fingerprint density at radius 3 is 2.72 bits per heavy atom. The zero-order chi connectivity index (χ0) is 18.6. The van der Waals surface area contributed by atoms with Crippen LogP contribution in [-0.4, -0.2) is 33.1 Å². The number of carbonyl (C=O) groups is 1. The minimum absolute atomic E-state index is 0. The van der Waals surface area contributed by atoms with Gasteiger partial charge in [0.05, 0.1) is 23.3 Å². The molecule has 150 valence electrons. The number of hydrogen-bond acceptors (Lipinski definition) is 5. The fraction of sp³-hybridized carbons (Fsp3) is 0.100. The predicted octanol–water partition coefficient (Wildman–Crippen LogP) is 2.97. The molecule has 7 nitrogen and oxygen atoms in total. The lowest BCUT2D eigenvalue weighted by Crippen LogP contribution is -2.39. The largest absolute Gasteiger partial charge is 0.361 e. The molecule has 29 heavy (non-hydrogen) atoms.